The fourth-order valence-electron chi connectivity index (χ4n) is 8.00. The van der Waals surface area contributed by atoms with Crippen LogP contribution in [-0.4, -0.2) is 70.0 Å². The first-order valence-electron chi connectivity index (χ1n) is 28.3. The van der Waals surface area contributed by atoms with Gasteiger partial charge >= 0.3 is 11.9 Å². The lowest BCUT2D eigenvalue weighted by atomic mass is 10.0. The van der Waals surface area contributed by atoms with Crippen molar-refractivity contribution in [1.82, 2.24) is 0 Å². The molecule has 2 unspecified atom stereocenters. The van der Waals surface area contributed by atoms with E-state index in [1.807, 2.05) is 21.1 Å². The third-order valence-corrected chi connectivity index (χ3v) is 13.3. The fraction of sp³-hybridized carbons (Fsp3) is 0.828. The summed E-state index contributed by atoms with van der Waals surface area (Å²) >= 11 is 0. The number of phosphoric ester groups is 1. The molecule has 0 aliphatic heterocycles. The minimum absolute atomic E-state index is 0.0390. The van der Waals surface area contributed by atoms with Crippen LogP contribution in [0.1, 0.15) is 258 Å². The van der Waals surface area contributed by atoms with Crippen molar-refractivity contribution in [1.29, 1.82) is 0 Å². The summed E-state index contributed by atoms with van der Waals surface area (Å²) in [5, 5.41) is 0. The molecule has 10 heteroatoms. The normalized spacial score (nSPS) is 13.7. The highest BCUT2D eigenvalue weighted by atomic mass is 31.2. The molecule has 0 heterocycles. The Kier molecular flexibility index (Phi) is 48.4. The molecule has 0 bridgehead atoms. The molecule has 0 amide bonds. The summed E-state index contributed by atoms with van der Waals surface area (Å²) in [5.74, 6) is -0.874. The molecule has 68 heavy (non-hydrogen) atoms. The maximum atomic E-state index is 12.7. The Balaban J connectivity index is 4.07. The summed E-state index contributed by atoms with van der Waals surface area (Å²) in [6.07, 6.45) is 61.8. The topological polar surface area (TPSA) is 111 Å². The number of likely N-dealkylation sites (N-methyl/N-ethyl adjacent to an activating group) is 1. The van der Waals surface area contributed by atoms with Crippen LogP contribution in [-0.2, 0) is 32.7 Å². The Bertz CT molecular complexity index is 1290. The Morgan fingerprint density at radius 2 is 0.838 bits per heavy atom. The summed E-state index contributed by atoms with van der Waals surface area (Å²) in [7, 11) is 1.14. The van der Waals surface area contributed by atoms with Crippen LogP contribution in [0.5, 0.6) is 0 Å². The fourth-order valence-corrected chi connectivity index (χ4v) is 8.73. The van der Waals surface area contributed by atoms with Crippen LogP contribution in [0.2, 0.25) is 0 Å². The second-order valence-corrected chi connectivity index (χ2v) is 21.7. The zero-order valence-corrected chi connectivity index (χ0v) is 45.9. The number of rotatable bonds is 52. The van der Waals surface area contributed by atoms with E-state index in [-0.39, 0.29) is 26.1 Å². The first-order valence-corrected chi connectivity index (χ1v) is 29.8. The van der Waals surface area contributed by atoms with Crippen LogP contribution in [0.3, 0.4) is 0 Å². The minimum Gasteiger partial charge on any atom is -0.756 e. The van der Waals surface area contributed by atoms with Gasteiger partial charge in [0.25, 0.3) is 7.82 Å². The lowest BCUT2D eigenvalue weighted by Gasteiger charge is -2.28. The highest BCUT2D eigenvalue weighted by molar-refractivity contribution is 7.45. The Morgan fingerprint density at radius 3 is 1.25 bits per heavy atom. The van der Waals surface area contributed by atoms with Crippen LogP contribution >= 0.6 is 7.82 Å². The second-order valence-electron chi connectivity index (χ2n) is 20.3. The molecule has 0 radical (unpaired) electrons. The molecule has 0 aromatic rings. The molecule has 0 saturated heterocycles. The van der Waals surface area contributed by atoms with E-state index < -0.39 is 32.5 Å². The average molecular weight is 978 g/mol. The van der Waals surface area contributed by atoms with Crippen molar-refractivity contribution in [3.63, 3.8) is 0 Å². The van der Waals surface area contributed by atoms with E-state index in [0.717, 1.165) is 57.8 Å². The molecule has 0 aliphatic carbocycles. The zero-order valence-electron chi connectivity index (χ0n) is 45.1. The quantitative estimate of drug-likeness (QED) is 0.0195. The van der Waals surface area contributed by atoms with Gasteiger partial charge in [0.15, 0.2) is 6.10 Å². The van der Waals surface area contributed by atoms with Gasteiger partial charge in [0.05, 0.1) is 27.7 Å². The first-order chi connectivity index (χ1) is 33.0. The number of ether oxygens (including phenoxy) is 2. The van der Waals surface area contributed by atoms with Crippen LogP contribution in [0.15, 0.2) is 48.6 Å². The van der Waals surface area contributed by atoms with Gasteiger partial charge < -0.3 is 27.9 Å². The van der Waals surface area contributed by atoms with E-state index in [4.69, 9.17) is 18.5 Å². The van der Waals surface area contributed by atoms with Gasteiger partial charge in [0, 0.05) is 12.8 Å². The van der Waals surface area contributed by atoms with Gasteiger partial charge in [-0.15, -0.1) is 0 Å². The zero-order chi connectivity index (χ0) is 49.9. The van der Waals surface area contributed by atoms with Crippen molar-refractivity contribution < 1.29 is 42.1 Å². The average Bonchev–Trinajstić information content (AvgIpc) is 3.30. The van der Waals surface area contributed by atoms with E-state index >= 15 is 0 Å². The number of unbranched alkanes of at least 4 members (excludes halogenated alkanes) is 30. The number of phosphoric acid groups is 1. The van der Waals surface area contributed by atoms with Crippen LogP contribution < -0.4 is 4.89 Å². The lowest BCUT2D eigenvalue weighted by molar-refractivity contribution is -0.870. The Morgan fingerprint density at radius 1 is 0.471 bits per heavy atom. The van der Waals surface area contributed by atoms with Gasteiger partial charge in [-0.2, -0.15) is 0 Å². The number of carbonyl (C=O) groups excluding carboxylic acids is 2. The predicted molar refractivity (Wildman–Crippen MR) is 287 cm³/mol. The summed E-state index contributed by atoms with van der Waals surface area (Å²) in [6, 6.07) is 0. The van der Waals surface area contributed by atoms with Crippen LogP contribution in [0, 0.1) is 0 Å². The number of allylic oxidation sites excluding steroid dienone is 8. The molecule has 9 nitrogen and oxygen atoms in total. The largest absolute Gasteiger partial charge is 0.756 e. The standard InChI is InChI=1S/C58H108NO8P/c1-6-8-10-12-14-16-18-20-22-23-24-25-26-27-28-29-30-31-32-33-34-35-37-38-40-42-44-46-48-50-57(60)64-54-56(55-66-68(62,63)65-53-52-59(3,4)5)67-58(61)51-49-47-45-43-41-39-36-21-19-17-15-13-11-9-7-2/h9,11,15,17,21,36,41,43,56H,6-8,10,12-14,16,18-20,22-35,37-40,42,44-55H2,1-5H3/b11-9-,17-15-,36-21-,43-41-. The maximum Gasteiger partial charge on any atom is 0.306 e. The van der Waals surface area contributed by atoms with Crippen molar-refractivity contribution in [2.45, 2.75) is 264 Å². The smallest absolute Gasteiger partial charge is 0.306 e. The van der Waals surface area contributed by atoms with Gasteiger partial charge in [0.1, 0.15) is 19.8 Å². The van der Waals surface area contributed by atoms with E-state index in [1.165, 1.54) is 167 Å². The molecule has 0 rings (SSSR count). The van der Waals surface area contributed by atoms with E-state index in [1.54, 1.807) is 0 Å². The lowest BCUT2D eigenvalue weighted by Crippen LogP contribution is -2.37. The molecule has 0 N–H and O–H groups in total. The molecule has 398 valence electrons. The summed E-state index contributed by atoms with van der Waals surface area (Å²) in [4.78, 5) is 37.7. The van der Waals surface area contributed by atoms with Crippen molar-refractivity contribution in [2.24, 2.45) is 0 Å². The SMILES string of the molecule is CC/C=C\C/C=C\C/C=C\C/C=C\CCCCC(=O)OC(COC(=O)CCCCCCCCCCCCCCCCCCCCCCCCCCCCCCC)COP(=O)([O-])OCC[N+](C)(C)C. The number of carbonyl (C=O) groups is 2. The minimum atomic E-state index is -4.64. The number of quaternary nitrogens is 1. The predicted octanol–water partition coefficient (Wildman–Crippen LogP) is 16.7. The number of hydrogen-bond donors (Lipinski definition) is 0. The van der Waals surface area contributed by atoms with Crippen LogP contribution in [0.25, 0.3) is 0 Å². The van der Waals surface area contributed by atoms with Crippen molar-refractivity contribution in [3.8, 4) is 0 Å². The molecule has 0 saturated carbocycles. The highest BCUT2D eigenvalue weighted by Crippen LogP contribution is 2.38. The molecule has 0 aromatic heterocycles. The maximum absolute atomic E-state index is 12.7. The van der Waals surface area contributed by atoms with Crippen molar-refractivity contribution >= 4 is 19.8 Å². The first kappa shape index (κ1) is 66.0. The molecular formula is C58H108NO8P. The van der Waals surface area contributed by atoms with Crippen molar-refractivity contribution in [3.05, 3.63) is 48.6 Å². The third kappa shape index (κ3) is 53.3. The second kappa shape index (κ2) is 49.9. The van der Waals surface area contributed by atoms with E-state index in [2.05, 4.69) is 62.5 Å². The molecule has 0 aliphatic rings. The molecule has 0 aromatic carbocycles. The van der Waals surface area contributed by atoms with E-state index in [9.17, 15) is 19.0 Å². The third-order valence-electron chi connectivity index (χ3n) is 12.4. The van der Waals surface area contributed by atoms with Gasteiger partial charge in [-0.05, 0) is 51.4 Å². The molecule has 0 fully saturated rings. The monoisotopic (exact) mass is 978 g/mol. The summed E-state index contributed by atoms with van der Waals surface area (Å²) in [6.45, 7) is 4.10. The van der Waals surface area contributed by atoms with Crippen molar-refractivity contribution in [2.75, 3.05) is 47.5 Å². The van der Waals surface area contributed by atoms with Gasteiger partial charge in [-0.25, -0.2) is 0 Å². The number of esters is 2. The summed E-state index contributed by atoms with van der Waals surface area (Å²) in [5.41, 5.74) is 0. The molecule has 2 atom stereocenters. The molecular weight excluding hydrogens is 870 g/mol. The van der Waals surface area contributed by atoms with E-state index in [0.29, 0.717) is 17.4 Å². The number of nitrogens with zero attached hydrogens (tertiary/aromatic N) is 1. The van der Waals surface area contributed by atoms with Crippen LogP contribution in [0.4, 0.5) is 0 Å². The Hall–Kier alpha value is -2.03. The van der Waals surface area contributed by atoms with Gasteiger partial charge in [0.2, 0.25) is 0 Å². The molecule has 0 spiro atoms. The Labute approximate surface area is 420 Å². The number of hydrogen-bond acceptors (Lipinski definition) is 8. The van der Waals surface area contributed by atoms with Gasteiger partial charge in [-0.3, -0.25) is 14.2 Å². The van der Waals surface area contributed by atoms with Gasteiger partial charge in [-0.1, -0.05) is 242 Å². The summed E-state index contributed by atoms with van der Waals surface area (Å²) < 4.78 is 34.0. The highest BCUT2D eigenvalue weighted by Gasteiger charge is 2.21.